The van der Waals surface area contributed by atoms with Crippen LogP contribution in [0.1, 0.15) is 30.1 Å². The number of aryl methyl sites for hydroxylation is 1. The zero-order valence-electron chi connectivity index (χ0n) is 10.3. The van der Waals surface area contributed by atoms with Crippen molar-refractivity contribution in [2.45, 2.75) is 25.3 Å². The van der Waals surface area contributed by atoms with Crippen molar-refractivity contribution in [2.75, 3.05) is 5.32 Å². The van der Waals surface area contributed by atoms with Crippen LogP contribution in [0, 0.1) is 0 Å². The number of rotatable bonds is 2. The topological polar surface area (TPSA) is 57.8 Å². The maximum absolute atomic E-state index is 11.3. The summed E-state index contributed by atoms with van der Waals surface area (Å²) in [6.45, 7) is 0. The van der Waals surface area contributed by atoms with Gasteiger partial charge in [-0.05, 0) is 43.0 Å². The van der Waals surface area contributed by atoms with Crippen molar-refractivity contribution in [2.24, 2.45) is 0 Å². The lowest BCUT2D eigenvalue weighted by atomic mass is 9.91. The van der Waals surface area contributed by atoms with Crippen molar-refractivity contribution in [1.29, 1.82) is 0 Å². The van der Waals surface area contributed by atoms with Crippen molar-refractivity contribution >= 4 is 17.3 Å². The second-order valence-corrected chi connectivity index (χ2v) is 5.10. The van der Waals surface area contributed by atoms with Gasteiger partial charge in [0.25, 0.3) is 0 Å². The molecule has 1 aliphatic rings. The molecule has 2 heterocycles. The molecule has 1 aliphatic carbocycles. The minimum absolute atomic E-state index is 0.0358. The molecule has 0 saturated heterocycles. The molecule has 98 valence electrons. The summed E-state index contributed by atoms with van der Waals surface area (Å²) >= 11 is 5.88. The van der Waals surface area contributed by atoms with Gasteiger partial charge >= 0.3 is 0 Å². The fourth-order valence-electron chi connectivity index (χ4n) is 2.54. The van der Waals surface area contributed by atoms with Crippen LogP contribution < -0.4 is 10.9 Å². The summed E-state index contributed by atoms with van der Waals surface area (Å²) in [5.74, 6) is 0. The van der Waals surface area contributed by atoms with Gasteiger partial charge in [-0.1, -0.05) is 11.6 Å². The Hall–Kier alpha value is -1.81. The van der Waals surface area contributed by atoms with Crippen molar-refractivity contribution in [3.63, 3.8) is 0 Å². The van der Waals surface area contributed by atoms with Crippen LogP contribution in [0.2, 0.25) is 5.15 Å². The lowest BCUT2D eigenvalue weighted by Crippen LogP contribution is -2.21. The number of aromatic nitrogens is 2. The molecule has 19 heavy (non-hydrogen) atoms. The van der Waals surface area contributed by atoms with E-state index in [1.54, 1.807) is 12.3 Å². The highest BCUT2D eigenvalue weighted by Gasteiger charge is 2.20. The van der Waals surface area contributed by atoms with Gasteiger partial charge in [0.05, 0.1) is 6.04 Å². The highest BCUT2D eigenvalue weighted by Crippen LogP contribution is 2.31. The summed E-state index contributed by atoms with van der Waals surface area (Å²) in [7, 11) is 0. The summed E-state index contributed by atoms with van der Waals surface area (Å²) in [5, 5.41) is 3.93. The smallest absolute Gasteiger partial charge is 0.248 e. The summed E-state index contributed by atoms with van der Waals surface area (Å²) in [4.78, 5) is 18.2. The lowest BCUT2D eigenvalue weighted by molar-refractivity contribution is 0.587. The highest BCUT2D eigenvalue weighted by molar-refractivity contribution is 6.29. The van der Waals surface area contributed by atoms with Gasteiger partial charge in [-0.15, -0.1) is 0 Å². The molecule has 0 fully saturated rings. The molecule has 0 amide bonds. The molecule has 4 nitrogen and oxygen atoms in total. The molecule has 0 saturated carbocycles. The Kier molecular flexibility index (Phi) is 3.25. The number of aromatic amines is 1. The van der Waals surface area contributed by atoms with Crippen LogP contribution in [-0.2, 0) is 6.42 Å². The Balaban J connectivity index is 1.90. The number of fused-ring (bicyclic) bond motifs is 1. The third-order valence-corrected chi connectivity index (χ3v) is 3.61. The molecule has 3 rings (SSSR count). The lowest BCUT2D eigenvalue weighted by Gasteiger charge is -2.26. The second kappa shape index (κ2) is 5.05. The van der Waals surface area contributed by atoms with Crippen LogP contribution in [0.25, 0.3) is 0 Å². The van der Waals surface area contributed by atoms with Gasteiger partial charge in [0.2, 0.25) is 5.56 Å². The second-order valence-electron chi connectivity index (χ2n) is 4.71. The first-order valence-corrected chi connectivity index (χ1v) is 6.70. The fourth-order valence-corrected chi connectivity index (χ4v) is 2.72. The molecular formula is C14H14ClN3O. The predicted octanol–water partition coefficient (Wildman–Crippen LogP) is 2.91. The van der Waals surface area contributed by atoms with Crippen molar-refractivity contribution in [3.05, 3.63) is 57.2 Å². The number of nitrogens with zero attached hydrogens (tertiary/aromatic N) is 1. The number of hydrogen-bond donors (Lipinski definition) is 2. The Morgan fingerprint density at radius 2 is 2.26 bits per heavy atom. The van der Waals surface area contributed by atoms with Crippen LogP contribution in [0.4, 0.5) is 5.69 Å². The molecule has 1 unspecified atom stereocenters. The summed E-state index contributed by atoms with van der Waals surface area (Å²) < 4.78 is 0. The minimum Gasteiger partial charge on any atom is -0.378 e. The molecule has 1 atom stereocenters. The standard InChI is InChI=1S/C14H14ClN3O/c15-13-8-9(6-7-16-13)17-11-2-1-3-12-10(11)4-5-14(19)18-12/h4-8,11H,1-3H2,(H,16,17)(H,18,19). The summed E-state index contributed by atoms with van der Waals surface area (Å²) in [6, 6.07) is 7.40. The third kappa shape index (κ3) is 2.63. The van der Waals surface area contributed by atoms with Crippen molar-refractivity contribution in [3.8, 4) is 0 Å². The molecule has 5 heteroatoms. The van der Waals surface area contributed by atoms with Gasteiger partial charge in [0.1, 0.15) is 5.15 Å². The number of H-pyrrole nitrogens is 1. The number of anilines is 1. The van der Waals surface area contributed by atoms with E-state index in [4.69, 9.17) is 11.6 Å². The zero-order chi connectivity index (χ0) is 13.2. The highest BCUT2D eigenvalue weighted by atomic mass is 35.5. The largest absolute Gasteiger partial charge is 0.378 e. The molecule has 2 N–H and O–H groups in total. The SMILES string of the molecule is O=c1ccc2c([nH]1)CCCC2Nc1ccnc(Cl)c1. The van der Waals surface area contributed by atoms with Gasteiger partial charge in [-0.25, -0.2) is 4.98 Å². The van der Waals surface area contributed by atoms with E-state index in [0.29, 0.717) is 5.15 Å². The first-order chi connectivity index (χ1) is 9.22. The van der Waals surface area contributed by atoms with Crippen molar-refractivity contribution in [1.82, 2.24) is 9.97 Å². The van der Waals surface area contributed by atoms with E-state index in [0.717, 1.165) is 30.6 Å². The van der Waals surface area contributed by atoms with Gasteiger partial charge in [0.15, 0.2) is 0 Å². The van der Waals surface area contributed by atoms with E-state index in [9.17, 15) is 4.79 Å². The molecule has 0 spiro atoms. The minimum atomic E-state index is -0.0358. The van der Waals surface area contributed by atoms with Crippen LogP contribution in [0.15, 0.2) is 35.3 Å². The van der Waals surface area contributed by atoms with Gasteiger partial charge in [0, 0.05) is 23.6 Å². The van der Waals surface area contributed by atoms with Gasteiger partial charge in [-0.2, -0.15) is 0 Å². The number of halogens is 1. The average molecular weight is 276 g/mol. The van der Waals surface area contributed by atoms with Crippen LogP contribution in [0.5, 0.6) is 0 Å². The normalized spacial score (nSPS) is 17.8. The van der Waals surface area contributed by atoms with Gasteiger partial charge < -0.3 is 10.3 Å². The van der Waals surface area contributed by atoms with E-state index in [2.05, 4.69) is 15.3 Å². The first kappa shape index (κ1) is 12.2. The summed E-state index contributed by atoms with van der Waals surface area (Å²) in [5.41, 5.74) is 3.12. The molecule has 0 bridgehead atoms. The molecule has 2 aromatic heterocycles. The van der Waals surface area contributed by atoms with Crippen LogP contribution >= 0.6 is 11.6 Å². The maximum atomic E-state index is 11.3. The fraction of sp³-hybridized carbons (Fsp3) is 0.286. The van der Waals surface area contributed by atoms with Crippen LogP contribution in [0.3, 0.4) is 0 Å². The first-order valence-electron chi connectivity index (χ1n) is 6.32. The van der Waals surface area contributed by atoms with Crippen molar-refractivity contribution < 1.29 is 0 Å². The molecule has 0 aliphatic heterocycles. The Bertz CT molecular complexity index is 653. The molecule has 0 radical (unpaired) electrons. The number of nitrogens with one attached hydrogen (secondary N) is 2. The Morgan fingerprint density at radius 3 is 3.11 bits per heavy atom. The zero-order valence-corrected chi connectivity index (χ0v) is 11.1. The Morgan fingerprint density at radius 1 is 1.37 bits per heavy atom. The predicted molar refractivity (Wildman–Crippen MR) is 75.6 cm³/mol. The van der Waals surface area contributed by atoms with E-state index in [1.165, 1.54) is 5.56 Å². The monoisotopic (exact) mass is 275 g/mol. The molecule has 0 aromatic carbocycles. The van der Waals surface area contributed by atoms with Gasteiger partial charge in [-0.3, -0.25) is 4.79 Å². The van der Waals surface area contributed by atoms with Crippen LogP contribution in [-0.4, -0.2) is 9.97 Å². The van der Waals surface area contributed by atoms with E-state index >= 15 is 0 Å². The van der Waals surface area contributed by atoms with E-state index in [1.807, 2.05) is 18.2 Å². The maximum Gasteiger partial charge on any atom is 0.248 e. The molecule has 2 aromatic rings. The number of hydrogen-bond acceptors (Lipinski definition) is 3. The molecular weight excluding hydrogens is 262 g/mol. The van der Waals surface area contributed by atoms with E-state index < -0.39 is 0 Å². The summed E-state index contributed by atoms with van der Waals surface area (Å²) in [6.07, 6.45) is 4.71. The van der Waals surface area contributed by atoms with E-state index in [-0.39, 0.29) is 11.6 Å². The number of pyridine rings is 2. The Labute approximate surface area is 115 Å². The third-order valence-electron chi connectivity index (χ3n) is 3.40. The average Bonchev–Trinajstić information content (AvgIpc) is 2.38. The quantitative estimate of drug-likeness (QED) is 0.829.